The molecule has 3 aliphatic carbocycles. The van der Waals surface area contributed by atoms with E-state index in [1.165, 1.54) is 155 Å². The maximum Gasteiger partial charge on any atom is -0.00141 e. The topological polar surface area (TPSA) is 0 Å². The Balaban J connectivity index is 1.12. The second-order valence-corrected chi connectivity index (χ2v) is 21.6. The molecule has 0 N–H and O–H groups in total. The molecule has 0 heterocycles. The lowest BCUT2D eigenvalue weighted by atomic mass is 9.73. The van der Waals surface area contributed by atoms with E-state index in [9.17, 15) is 0 Å². The van der Waals surface area contributed by atoms with Gasteiger partial charge in [0.15, 0.2) is 0 Å². The molecule has 0 spiro atoms. The summed E-state index contributed by atoms with van der Waals surface area (Å²) in [6.07, 6.45) is 3.65. The van der Waals surface area contributed by atoms with E-state index in [1.807, 2.05) is 0 Å². The highest BCUT2D eigenvalue weighted by Gasteiger charge is 2.32. The summed E-state index contributed by atoms with van der Waals surface area (Å²) in [5, 5.41) is 7.65. The fourth-order valence-corrected chi connectivity index (χ4v) is 13.7. The Morgan fingerprint density at radius 2 is 0.338 bits per heavy atom. The average Bonchev–Trinajstić information content (AvgIpc) is 3.70. The van der Waals surface area contributed by atoms with Crippen molar-refractivity contribution >= 4 is 32.3 Å². The number of rotatable bonds is 8. The standard InChI is InChI=1S/C80H56/c1-9-27-53(28-10-1)71-67-43-25-26-44-68-72(54-29-11-2-12-30-54)76(56-33-15-4-16-34-56)80(60-41-23-8-24-42-60)78(58-37-19-6-20-38-58)74(68)66-51-63-47-45-61-49-65(50-62-46-48-64(52-66)70(63)69(61)62)73(67)77(57-35-17-5-18-36-57)79(59-39-21-7-22-40-59)75(71)55-31-13-3-14-32-55/h1-24,27-42,45-52H,25-26,43-44H2. The summed E-state index contributed by atoms with van der Waals surface area (Å²) >= 11 is 0. The molecule has 376 valence electrons. The van der Waals surface area contributed by atoms with Crippen LogP contribution in [0.2, 0.25) is 0 Å². The van der Waals surface area contributed by atoms with Gasteiger partial charge in [-0.2, -0.15) is 0 Å². The molecule has 0 radical (unpaired) electrons. The molecule has 0 saturated carbocycles. The predicted octanol–water partition coefficient (Wildman–Crippen LogP) is 22.1. The van der Waals surface area contributed by atoms with Crippen LogP contribution in [0.25, 0.3) is 144 Å². The molecule has 0 atom stereocenters. The second-order valence-electron chi connectivity index (χ2n) is 21.6. The third kappa shape index (κ3) is 8.06. The lowest BCUT2D eigenvalue weighted by molar-refractivity contribution is 0.737. The van der Waals surface area contributed by atoms with Crippen molar-refractivity contribution < 1.29 is 0 Å². The molecule has 0 aromatic heterocycles. The fourth-order valence-electron chi connectivity index (χ4n) is 13.7. The van der Waals surface area contributed by atoms with Crippen LogP contribution >= 0.6 is 0 Å². The molecular formula is C80H56. The summed E-state index contributed by atoms with van der Waals surface area (Å²) in [4.78, 5) is 0. The monoisotopic (exact) mass is 1020 g/mol. The predicted molar refractivity (Wildman–Crippen MR) is 341 cm³/mol. The molecule has 0 aliphatic heterocycles. The van der Waals surface area contributed by atoms with E-state index >= 15 is 0 Å². The van der Waals surface area contributed by atoms with Crippen LogP contribution in [-0.2, 0) is 12.8 Å². The maximum absolute atomic E-state index is 2.52. The summed E-state index contributed by atoms with van der Waals surface area (Å²) in [5.41, 5.74) is 27.8. The Bertz CT molecular complexity index is 4190. The number of fused-ring (bicyclic) bond motifs is 2. The van der Waals surface area contributed by atoms with Gasteiger partial charge in [0.2, 0.25) is 0 Å². The van der Waals surface area contributed by atoms with E-state index in [0.717, 1.165) is 25.7 Å². The Hall–Kier alpha value is -9.88. The van der Waals surface area contributed by atoms with Crippen molar-refractivity contribution in [3.8, 4) is 111 Å². The second kappa shape index (κ2) is 20.2. The lowest BCUT2D eigenvalue weighted by Gasteiger charge is -2.30. The zero-order chi connectivity index (χ0) is 52.9. The van der Waals surface area contributed by atoms with Gasteiger partial charge < -0.3 is 0 Å². The lowest BCUT2D eigenvalue weighted by Crippen LogP contribution is -2.07. The van der Waals surface area contributed by atoms with E-state index < -0.39 is 0 Å². The van der Waals surface area contributed by atoms with Crippen LogP contribution in [0.4, 0.5) is 0 Å². The smallest absolute Gasteiger partial charge is 0.00141 e. The van der Waals surface area contributed by atoms with Gasteiger partial charge in [-0.05, 0) is 205 Å². The molecule has 0 unspecified atom stereocenters. The van der Waals surface area contributed by atoms with E-state index in [1.54, 1.807) is 0 Å². The van der Waals surface area contributed by atoms with Gasteiger partial charge in [-0.25, -0.2) is 0 Å². The molecule has 0 fully saturated rings. The van der Waals surface area contributed by atoms with Crippen LogP contribution in [0.1, 0.15) is 24.0 Å². The van der Waals surface area contributed by atoms with Crippen molar-refractivity contribution in [3.63, 3.8) is 0 Å². The highest BCUT2D eigenvalue weighted by Crippen LogP contribution is 2.57. The van der Waals surface area contributed by atoms with Crippen molar-refractivity contribution in [2.75, 3.05) is 0 Å². The molecule has 0 nitrogen and oxygen atoms in total. The van der Waals surface area contributed by atoms with Gasteiger partial charge in [0.25, 0.3) is 0 Å². The van der Waals surface area contributed by atoms with Gasteiger partial charge in [-0.1, -0.05) is 267 Å². The third-order valence-electron chi connectivity index (χ3n) is 16.9. The van der Waals surface area contributed by atoms with Crippen LogP contribution in [0.15, 0.2) is 291 Å². The minimum Gasteiger partial charge on any atom is -0.0622 e. The van der Waals surface area contributed by atoms with E-state index in [2.05, 4.69) is 291 Å². The highest BCUT2D eigenvalue weighted by molar-refractivity contribution is 6.25. The summed E-state index contributed by atoms with van der Waals surface area (Å²) in [7, 11) is 0. The Labute approximate surface area is 468 Å². The first-order valence-corrected chi connectivity index (χ1v) is 28.4. The number of hydrogen-bond acceptors (Lipinski definition) is 0. The Morgan fingerprint density at radius 1 is 0.163 bits per heavy atom. The molecule has 3 aliphatic rings. The largest absolute Gasteiger partial charge is 0.0622 e. The SMILES string of the molecule is c1ccc(-c2c3c(c(-c4ccccc4)c(-c4ccccc4)c2-c2ccccc2)-c2cc4ccc5cc(cc6ccc(c2)c4c56)-c2c(c(-c4ccccc4)c(-c4ccccc4)c(-c4ccccc4)c2-c2ccccc2)CCCC3)cc1. The first kappa shape index (κ1) is 47.3. The first-order chi connectivity index (χ1) is 39.7. The Morgan fingerprint density at radius 3 is 0.550 bits per heavy atom. The molecule has 80 heavy (non-hydrogen) atoms. The van der Waals surface area contributed by atoms with Crippen LogP contribution in [0, 0.1) is 0 Å². The van der Waals surface area contributed by atoms with Crippen molar-refractivity contribution in [2.24, 2.45) is 0 Å². The number of hydrogen-bond donors (Lipinski definition) is 0. The molecular weight excluding hydrogens is 961 g/mol. The van der Waals surface area contributed by atoms with Crippen molar-refractivity contribution in [2.45, 2.75) is 25.7 Å². The fraction of sp³-hybridized carbons (Fsp3) is 0.0500. The van der Waals surface area contributed by atoms with Crippen molar-refractivity contribution in [1.82, 2.24) is 0 Å². The molecule has 0 saturated heterocycles. The molecule has 17 rings (SSSR count). The molecule has 14 aromatic rings. The summed E-state index contributed by atoms with van der Waals surface area (Å²) in [5.74, 6) is 0. The summed E-state index contributed by atoms with van der Waals surface area (Å²) in [6.45, 7) is 0. The van der Waals surface area contributed by atoms with Gasteiger partial charge >= 0.3 is 0 Å². The van der Waals surface area contributed by atoms with Gasteiger partial charge in [0.05, 0.1) is 0 Å². The van der Waals surface area contributed by atoms with E-state index in [4.69, 9.17) is 0 Å². The van der Waals surface area contributed by atoms with Crippen LogP contribution in [0.3, 0.4) is 0 Å². The van der Waals surface area contributed by atoms with Gasteiger partial charge in [0, 0.05) is 0 Å². The van der Waals surface area contributed by atoms with Crippen molar-refractivity contribution in [3.05, 3.63) is 302 Å². The van der Waals surface area contributed by atoms with Gasteiger partial charge in [-0.3, -0.25) is 0 Å². The first-order valence-electron chi connectivity index (χ1n) is 28.4. The molecule has 0 amide bonds. The number of benzene rings is 14. The normalized spacial score (nSPS) is 12.3. The minimum atomic E-state index is 0.865. The molecule has 0 heteroatoms. The maximum atomic E-state index is 2.52. The van der Waals surface area contributed by atoms with E-state index in [-0.39, 0.29) is 0 Å². The molecule has 14 aromatic carbocycles. The van der Waals surface area contributed by atoms with Crippen LogP contribution < -0.4 is 0 Å². The highest BCUT2D eigenvalue weighted by atomic mass is 14.3. The Kier molecular flexibility index (Phi) is 11.9. The third-order valence-corrected chi connectivity index (χ3v) is 16.9. The average molecular weight is 1020 g/mol. The molecule has 8 bridgehead atoms. The summed E-state index contributed by atoms with van der Waals surface area (Å²) < 4.78 is 0. The quantitative estimate of drug-likeness (QED) is 0.133. The van der Waals surface area contributed by atoms with E-state index in [0.29, 0.717) is 0 Å². The minimum absolute atomic E-state index is 0.865. The van der Waals surface area contributed by atoms with Gasteiger partial charge in [-0.15, -0.1) is 0 Å². The van der Waals surface area contributed by atoms with Crippen molar-refractivity contribution in [1.29, 1.82) is 0 Å². The van der Waals surface area contributed by atoms with Crippen LogP contribution in [-0.4, -0.2) is 0 Å². The van der Waals surface area contributed by atoms with Gasteiger partial charge in [0.1, 0.15) is 0 Å². The zero-order valence-electron chi connectivity index (χ0n) is 44.5. The summed E-state index contributed by atoms with van der Waals surface area (Å²) in [6, 6.07) is 110. The zero-order valence-corrected chi connectivity index (χ0v) is 44.5. The van der Waals surface area contributed by atoms with Crippen LogP contribution in [0.5, 0.6) is 0 Å².